The lowest BCUT2D eigenvalue weighted by atomic mass is 10.0. The largest absolute Gasteiger partial charge is 0.495 e. The van der Waals surface area contributed by atoms with Crippen LogP contribution in [0.2, 0.25) is 0 Å². The van der Waals surface area contributed by atoms with E-state index in [0.717, 1.165) is 16.8 Å². The smallest absolute Gasteiger partial charge is 0.303 e. The quantitative estimate of drug-likeness (QED) is 0.810. The minimum Gasteiger partial charge on any atom is -0.495 e. The van der Waals surface area contributed by atoms with E-state index in [0.29, 0.717) is 17.9 Å². The Morgan fingerprint density at radius 3 is 2.85 bits per heavy atom. The number of nitrogen functional groups attached to an aromatic ring is 1. The normalized spacial score (nSPS) is 10.5. The van der Waals surface area contributed by atoms with Gasteiger partial charge in [0.05, 0.1) is 25.4 Å². The maximum absolute atomic E-state index is 10.7. The van der Waals surface area contributed by atoms with Gasteiger partial charge in [0.1, 0.15) is 5.75 Å². The van der Waals surface area contributed by atoms with E-state index in [4.69, 9.17) is 15.6 Å². The van der Waals surface area contributed by atoms with Crippen LogP contribution in [0.25, 0.3) is 11.1 Å². The summed E-state index contributed by atoms with van der Waals surface area (Å²) in [5.74, 6) is -0.212. The highest BCUT2D eigenvalue weighted by Gasteiger charge is 2.13. The summed E-state index contributed by atoms with van der Waals surface area (Å²) in [5.41, 5.74) is 9.11. The first-order valence-corrected chi connectivity index (χ1v) is 6.19. The van der Waals surface area contributed by atoms with E-state index in [2.05, 4.69) is 5.10 Å². The number of carboxylic acids is 1. The highest BCUT2D eigenvalue weighted by atomic mass is 16.5. The van der Waals surface area contributed by atoms with Gasteiger partial charge >= 0.3 is 5.97 Å². The van der Waals surface area contributed by atoms with Crippen molar-refractivity contribution in [3.63, 3.8) is 0 Å². The Hall–Kier alpha value is -2.50. The minimum atomic E-state index is -0.827. The predicted molar refractivity (Wildman–Crippen MR) is 75.6 cm³/mol. The highest BCUT2D eigenvalue weighted by molar-refractivity contribution is 5.73. The SMILES string of the molecule is COc1ccc(-c2cnn(C)c2CCC(=O)O)cc1N. The second-order valence-electron chi connectivity index (χ2n) is 4.48. The molecule has 20 heavy (non-hydrogen) atoms. The van der Waals surface area contributed by atoms with Gasteiger partial charge < -0.3 is 15.6 Å². The van der Waals surface area contributed by atoms with Crippen LogP contribution in [0.1, 0.15) is 12.1 Å². The topological polar surface area (TPSA) is 90.4 Å². The molecule has 6 heteroatoms. The lowest BCUT2D eigenvalue weighted by Crippen LogP contribution is -2.04. The summed E-state index contributed by atoms with van der Waals surface area (Å²) < 4.78 is 6.82. The van der Waals surface area contributed by atoms with Gasteiger partial charge in [-0.3, -0.25) is 9.48 Å². The number of carbonyl (C=O) groups is 1. The number of anilines is 1. The molecule has 2 aromatic rings. The lowest BCUT2D eigenvalue weighted by molar-refractivity contribution is -0.136. The van der Waals surface area contributed by atoms with Gasteiger partial charge in [-0.2, -0.15) is 5.10 Å². The summed E-state index contributed by atoms with van der Waals surface area (Å²) in [6.45, 7) is 0. The minimum absolute atomic E-state index is 0.0676. The number of aryl methyl sites for hydroxylation is 1. The summed E-state index contributed by atoms with van der Waals surface area (Å²) in [6, 6.07) is 5.48. The molecule has 0 fully saturated rings. The first-order valence-electron chi connectivity index (χ1n) is 6.19. The Balaban J connectivity index is 2.37. The van der Waals surface area contributed by atoms with E-state index in [1.165, 1.54) is 0 Å². The monoisotopic (exact) mass is 275 g/mol. The van der Waals surface area contributed by atoms with Gasteiger partial charge in [-0.05, 0) is 17.7 Å². The fourth-order valence-corrected chi connectivity index (χ4v) is 2.13. The first-order chi connectivity index (χ1) is 9.52. The molecular formula is C14H17N3O3. The molecule has 0 saturated heterocycles. The van der Waals surface area contributed by atoms with Crippen LogP contribution in [0.5, 0.6) is 5.75 Å². The van der Waals surface area contributed by atoms with Crippen molar-refractivity contribution in [1.82, 2.24) is 9.78 Å². The number of aliphatic carboxylic acids is 1. The summed E-state index contributed by atoms with van der Waals surface area (Å²) in [4.78, 5) is 10.7. The van der Waals surface area contributed by atoms with Crippen LogP contribution in [0, 0.1) is 0 Å². The number of methoxy groups -OCH3 is 1. The average molecular weight is 275 g/mol. The Kier molecular flexibility index (Phi) is 3.93. The third-order valence-corrected chi connectivity index (χ3v) is 3.18. The molecule has 1 heterocycles. The molecule has 0 aliphatic carbocycles. The van der Waals surface area contributed by atoms with Crippen molar-refractivity contribution in [2.24, 2.45) is 7.05 Å². The van der Waals surface area contributed by atoms with Crippen LogP contribution in [-0.2, 0) is 18.3 Å². The van der Waals surface area contributed by atoms with Crippen LogP contribution in [0.3, 0.4) is 0 Å². The molecule has 6 nitrogen and oxygen atoms in total. The first kappa shape index (κ1) is 13.9. The Bertz CT molecular complexity index is 635. The van der Waals surface area contributed by atoms with Crippen LogP contribution in [-0.4, -0.2) is 28.0 Å². The fourth-order valence-electron chi connectivity index (χ4n) is 2.13. The summed E-state index contributed by atoms with van der Waals surface area (Å²) in [5, 5.41) is 13.0. The molecule has 0 atom stereocenters. The molecular weight excluding hydrogens is 258 g/mol. The number of hydrogen-bond donors (Lipinski definition) is 2. The molecule has 0 radical (unpaired) electrons. The predicted octanol–water partition coefficient (Wildman–Crippen LogP) is 1.70. The maximum Gasteiger partial charge on any atom is 0.303 e. The van der Waals surface area contributed by atoms with Crippen molar-refractivity contribution >= 4 is 11.7 Å². The average Bonchev–Trinajstić information content (AvgIpc) is 2.77. The lowest BCUT2D eigenvalue weighted by Gasteiger charge is -2.08. The number of ether oxygens (including phenoxy) is 1. The molecule has 0 aliphatic heterocycles. The zero-order valence-corrected chi connectivity index (χ0v) is 11.5. The summed E-state index contributed by atoms with van der Waals surface area (Å²) >= 11 is 0. The summed E-state index contributed by atoms with van der Waals surface area (Å²) in [7, 11) is 3.36. The molecule has 0 bridgehead atoms. The number of nitrogens with zero attached hydrogens (tertiary/aromatic N) is 2. The number of nitrogens with two attached hydrogens (primary N) is 1. The number of hydrogen-bond acceptors (Lipinski definition) is 4. The molecule has 0 saturated carbocycles. The van der Waals surface area contributed by atoms with Crippen LogP contribution in [0.15, 0.2) is 24.4 Å². The third-order valence-electron chi connectivity index (χ3n) is 3.18. The molecule has 0 unspecified atom stereocenters. The third kappa shape index (κ3) is 2.74. The fraction of sp³-hybridized carbons (Fsp3) is 0.286. The van der Waals surface area contributed by atoms with Crippen LogP contribution >= 0.6 is 0 Å². The van der Waals surface area contributed by atoms with E-state index in [9.17, 15) is 4.79 Å². The molecule has 1 aromatic heterocycles. The second-order valence-corrected chi connectivity index (χ2v) is 4.48. The Morgan fingerprint density at radius 1 is 1.50 bits per heavy atom. The van der Waals surface area contributed by atoms with Crippen LogP contribution in [0.4, 0.5) is 5.69 Å². The van der Waals surface area contributed by atoms with Gasteiger partial charge in [0.15, 0.2) is 0 Å². The van der Waals surface area contributed by atoms with E-state index in [-0.39, 0.29) is 6.42 Å². The maximum atomic E-state index is 10.7. The van der Waals surface area contributed by atoms with Gasteiger partial charge in [0.2, 0.25) is 0 Å². The number of benzene rings is 1. The van der Waals surface area contributed by atoms with Crippen molar-refractivity contribution in [1.29, 1.82) is 0 Å². The van der Waals surface area contributed by atoms with Crippen molar-refractivity contribution in [3.05, 3.63) is 30.1 Å². The molecule has 1 aromatic carbocycles. The second kappa shape index (κ2) is 5.64. The molecule has 0 aliphatic rings. The van der Waals surface area contributed by atoms with Crippen molar-refractivity contribution < 1.29 is 14.6 Å². The van der Waals surface area contributed by atoms with Gasteiger partial charge in [0, 0.05) is 24.7 Å². The van der Waals surface area contributed by atoms with Crippen molar-refractivity contribution in [3.8, 4) is 16.9 Å². The zero-order valence-electron chi connectivity index (χ0n) is 11.5. The van der Waals surface area contributed by atoms with Gasteiger partial charge in [0.25, 0.3) is 0 Å². The van der Waals surface area contributed by atoms with E-state index < -0.39 is 5.97 Å². The van der Waals surface area contributed by atoms with E-state index >= 15 is 0 Å². The number of carboxylic acid groups (broad SMARTS) is 1. The number of aromatic nitrogens is 2. The molecule has 0 spiro atoms. The zero-order chi connectivity index (χ0) is 14.7. The van der Waals surface area contributed by atoms with E-state index in [1.54, 1.807) is 37.2 Å². The van der Waals surface area contributed by atoms with Crippen molar-refractivity contribution in [2.75, 3.05) is 12.8 Å². The van der Waals surface area contributed by atoms with Gasteiger partial charge in [-0.15, -0.1) is 0 Å². The van der Waals surface area contributed by atoms with Crippen LogP contribution < -0.4 is 10.5 Å². The van der Waals surface area contributed by atoms with Gasteiger partial charge in [-0.25, -0.2) is 0 Å². The van der Waals surface area contributed by atoms with Crippen molar-refractivity contribution in [2.45, 2.75) is 12.8 Å². The molecule has 106 valence electrons. The highest BCUT2D eigenvalue weighted by Crippen LogP contribution is 2.30. The van der Waals surface area contributed by atoms with Gasteiger partial charge in [-0.1, -0.05) is 6.07 Å². The van der Waals surface area contributed by atoms with E-state index in [1.807, 2.05) is 6.07 Å². The standard InChI is InChI=1S/C14H17N3O3/c1-17-12(4-6-14(18)19)10(8-16-17)9-3-5-13(20-2)11(15)7-9/h3,5,7-8H,4,6,15H2,1-2H3,(H,18,19). The molecule has 2 rings (SSSR count). The number of rotatable bonds is 5. The molecule has 0 amide bonds. The Morgan fingerprint density at radius 2 is 2.25 bits per heavy atom. The summed E-state index contributed by atoms with van der Waals surface area (Å²) in [6.07, 6.45) is 2.21. The Labute approximate surface area is 116 Å². The molecule has 3 N–H and O–H groups in total.